The Hall–Kier alpha value is -6.18. The summed E-state index contributed by atoms with van der Waals surface area (Å²) in [6.45, 7) is 5.61. The molecule has 4 aromatic rings. The number of nitrogens with two attached hydrogens (primary N) is 1. The van der Waals surface area contributed by atoms with Crippen LogP contribution >= 0.6 is 0 Å². The van der Waals surface area contributed by atoms with Crippen molar-refractivity contribution >= 4 is 29.8 Å². The van der Waals surface area contributed by atoms with Gasteiger partial charge >= 0.3 is 12.1 Å². The molecular weight excluding hydrogens is 618 g/mol. The maximum Gasteiger partial charge on any atom is 0.407 e. The van der Waals surface area contributed by atoms with Gasteiger partial charge in [-0.2, -0.15) is 0 Å². The number of ether oxygens (including phenoxy) is 1. The largest absolute Gasteiger partial charge is 0.478 e. The normalized spacial score (nSPS) is 9.08. The molecule has 0 fully saturated rings. The van der Waals surface area contributed by atoms with Gasteiger partial charge in [-0.25, -0.2) is 9.59 Å². The van der Waals surface area contributed by atoms with Crippen molar-refractivity contribution in [1.29, 1.82) is 0 Å². The molecule has 14 nitrogen and oxygen atoms in total. The van der Waals surface area contributed by atoms with Crippen molar-refractivity contribution in [2.45, 2.75) is 26.8 Å². The van der Waals surface area contributed by atoms with E-state index in [-0.39, 0.29) is 23.9 Å². The number of rotatable bonds is 5. The molecule has 5 N–H and O–H groups in total. The third-order valence-electron chi connectivity index (χ3n) is 5.27. The molecule has 0 radical (unpaired) electrons. The highest BCUT2D eigenvalue weighted by Crippen LogP contribution is 2.02. The van der Waals surface area contributed by atoms with E-state index in [0.29, 0.717) is 22.3 Å². The second kappa shape index (κ2) is 24.1. The number of methoxy groups -OCH3 is 1. The SMILES string of the molecule is CN(C)C(=O)c1cccnc1.CNC(=O)c1cccnc1.COC(=O)NC(C)C.Cc1cccc(C(=O)O)c1.NC(=O)c1cccnc1. The number of nitrogens with one attached hydrogen (secondary N) is 2. The van der Waals surface area contributed by atoms with E-state index < -0.39 is 11.9 Å². The average molecular weight is 662 g/mol. The zero-order chi connectivity index (χ0) is 36.5. The molecule has 0 unspecified atom stereocenters. The van der Waals surface area contributed by atoms with Crippen LogP contribution in [0.2, 0.25) is 0 Å². The van der Waals surface area contributed by atoms with Crippen molar-refractivity contribution in [3.8, 4) is 0 Å². The lowest BCUT2D eigenvalue weighted by atomic mass is 10.1. The molecule has 1 aromatic carbocycles. The number of hydrogen-bond donors (Lipinski definition) is 4. The summed E-state index contributed by atoms with van der Waals surface area (Å²) in [4.78, 5) is 66.0. The van der Waals surface area contributed by atoms with Crippen LogP contribution in [-0.2, 0) is 4.74 Å². The van der Waals surface area contributed by atoms with Crippen molar-refractivity contribution in [3.05, 3.63) is 126 Å². The van der Waals surface area contributed by atoms with Crippen molar-refractivity contribution < 1.29 is 33.8 Å². The number of amides is 4. The molecule has 0 aliphatic heterocycles. The number of aryl methyl sites for hydroxylation is 1. The fraction of sp³-hybridized carbons (Fsp3) is 0.235. The van der Waals surface area contributed by atoms with E-state index in [2.05, 4.69) is 30.3 Å². The molecule has 0 aliphatic carbocycles. The minimum absolute atomic E-state index is 0.0156. The maximum absolute atomic E-state index is 11.2. The molecule has 3 aromatic heterocycles. The second-order valence-electron chi connectivity index (χ2n) is 9.83. The number of pyridine rings is 3. The van der Waals surface area contributed by atoms with Gasteiger partial charge in [-0.1, -0.05) is 17.7 Å². The van der Waals surface area contributed by atoms with E-state index in [1.54, 1.807) is 101 Å². The number of primary amides is 1. The average Bonchev–Trinajstić information content (AvgIpc) is 3.09. The topological polar surface area (TPSA) is 207 Å². The number of aromatic nitrogens is 3. The summed E-state index contributed by atoms with van der Waals surface area (Å²) in [5.41, 5.74) is 7.91. The van der Waals surface area contributed by atoms with Gasteiger partial charge in [0.05, 0.1) is 29.4 Å². The highest BCUT2D eigenvalue weighted by atomic mass is 16.5. The number of carbonyl (C=O) groups is 5. The van der Waals surface area contributed by atoms with E-state index in [1.807, 2.05) is 26.8 Å². The summed E-state index contributed by atoms with van der Waals surface area (Å²) >= 11 is 0. The van der Waals surface area contributed by atoms with Gasteiger partial charge in [0.25, 0.3) is 11.8 Å². The third kappa shape index (κ3) is 19.3. The first-order valence-electron chi connectivity index (χ1n) is 14.3. The van der Waals surface area contributed by atoms with Gasteiger partial charge in [0, 0.05) is 64.4 Å². The van der Waals surface area contributed by atoms with Crippen LogP contribution in [-0.4, -0.2) is 89.0 Å². The summed E-state index contributed by atoms with van der Waals surface area (Å²) in [5.74, 6) is -1.43. The lowest BCUT2D eigenvalue weighted by molar-refractivity contribution is 0.0695. The molecule has 0 saturated heterocycles. The van der Waals surface area contributed by atoms with Gasteiger partial charge in [-0.05, 0) is 69.3 Å². The van der Waals surface area contributed by atoms with Gasteiger partial charge < -0.3 is 31.1 Å². The van der Waals surface area contributed by atoms with E-state index in [1.165, 1.54) is 24.4 Å². The number of aromatic carboxylic acids is 1. The number of carboxylic acids is 1. The lowest BCUT2D eigenvalue weighted by Gasteiger charge is -2.08. The predicted octanol–water partition coefficient (Wildman–Crippen LogP) is 3.85. The lowest BCUT2D eigenvalue weighted by Crippen LogP contribution is -2.29. The Balaban J connectivity index is 0.000000578. The van der Waals surface area contributed by atoms with Gasteiger partial charge in [0.2, 0.25) is 5.91 Å². The molecule has 48 heavy (non-hydrogen) atoms. The van der Waals surface area contributed by atoms with Crippen molar-refractivity contribution in [3.63, 3.8) is 0 Å². The zero-order valence-corrected chi connectivity index (χ0v) is 28.1. The number of carbonyl (C=O) groups excluding carboxylic acids is 4. The fourth-order valence-corrected chi connectivity index (χ4v) is 2.97. The van der Waals surface area contributed by atoms with E-state index >= 15 is 0 Å². The summed E-state index contributed by atoms with van der Waals surface area (Å²) in [5, 5.41) is 13.5. The van der Waals surface area contributed by atoms with E-state index in [4.69, 9.17) is 10.8 Å². The summed E-state index contributed by atoms with van der Waals surface area (Å²) in [7, 11) is 6.37. The van der Waals surface area contributed by atoms with Crippen molar-refractivity contribution in [2.75, 3.05) is 28.3 Å². The Labute approximate surface area is 280 Å². The standard InChI is InChI=1S/C8H10N2O.C8H8O2.C7H8N2O.C6H6N2O.C5H11NO2/c1-10(2)8(11)7-4-3-5-9-6-7;1-6-3-2-4-7(5-6)8(9)10;1-8-7(10)6-3-2-4-9-5-6;7-6(9)5-2-1-3-8-4-5;1-4(2)6-5(7)8-3/h3-6H,1-2H3;2-5H,1H3,(H,9,10);2-5H,1H3,(H,8,10);1-4H,(H2,7,9);4H,1-3H3,(H,6,7). The maximum atomic E-state index is 11.2. The third-order valence-corrected chi connectivity index (χ3v) is 5.27. The quantitative estimate of drug-likeness (QED) is 0.243. The molecule has 0 aliphatic rings. The zero-order valence-electron chi connectivity index (χ0n) is 28.1. The summed E-state index contributed by atoms with van der Waals surface area (Å²) < 4.78 is 4.31. The predicted molar refractivity (Wildman–Crippen MR) is 181 cm³/mol. The fourth-order valence-electron chi connectivity index (χ4n) is 2.97. The Morgan fingerprint density at radius 3 is 1.56 bits per heavy atom. The van der Waals surface area contributed by atoms with Crippen LogP contribution < -0.4 is 16.4 Å². The highest BCUT2D eigenvalue weighted by molar-refractivity contribution is 5.94. The number of hydrogen-bond acceptors (Lipinski definition) is 9. The Kier molecular flexibility index (Phi) is 21.0. The van der Waals surface area contributed by atoms with E-state index in [9.17, 15) is 24.0 Å². The molecule has 0 atom stereocenters. The number of nitrogens with zero attached hydrogens (tertiary/aromatic N) is 4. The molecule has 0 bridgehead atoms. The van der Waals surface area contributed by atoms with Crippen molar-refractivity contribution in [2.24, 2.45) is 5.73 Å². The van der Waals surface area contributed by atoms with Crippen molar-refractivity contribution in [1.82, 2.24) is 30.5 Å². The molecule has 4 rings (SSSR count). The molecule has 256 valence electrons. The molecule has 0 saturated carbocycles. The Morgan fingerprint density at radius 1 is 0.792 bits per heavy atom. The monoisotopic (exact) mass is 661 g/mol. The molecule has 14 heteroatoms. The summed E-state index contributed by atoms with van der Waals surface area (Å²) in [6.07, 6.45) is 9.01. The van der Waals surface area contributed by atoms with Gasteiger partial charge in [0.15, 0.2) is 0 Å². The summed E-state index contributed by atoms with van der Waals surface area (Å²) in [6, 6.07) is 17.2. The van der Waals surface area contributed by atoms with Crippen LogP contribution in [0.5, 0.6) is 0 Å². The second-order valence-corrected chi connectivity index (χ2v) is 9.83. The van der Waals surface area contributed by atoms with Crippen LogP contribution in [0.1, 0.15) is 60.8 Å². The van der Waals surface area contributed by atoms with Crippen LogP contribution in [0.3, 0.4) is 0 Å². The van der Waals surface area contributed by atoms with Crippen LogP contribution in [0.4, 0.5) is 4.79 Å². The highest BCUT2D eigenvalue weighted by Gasteiger charge is 2.05. The molecule has 4 amide bonds. The first-order valence-corrected chi connectivity index (χ1v) is 14.3. The molecular formula is C34H43N7O7. The Morgan fingerprint density at radius 2 is 1.27 bits per heavy atom. The van der Waals surface area contributed by atoms with Crippen LogP contribution in [0.25, 0.3) is 0 Å². The Bertz CT molecular complexity index is 1540. The number of carboxylic acid groups (broad SMARTS) is 1. The van der Waals surface area contributed by atoms with E-state index in [0.717, 1.165) is 5.56 Å². The molecule has 0 spiro atoms. The van der Waals surface area contributed by atoms with Crippen LogP contribution in [0.15, 0.2) is 97.8 Å². The molecule has 3 heterocycles. The smallest absolute Gasteiger partial charge is 0.407 e. The number of benzene rings is 1. The van der Waals surface area contributed by atoms with Gasteiger partial charge in [-0.15, -0.1) is 0 Å². The minimum Gasteiger partial charge on any atom is -0.478 e. The van der Waals surface area contributed by atoms with Gasteiger partial charge in [-0.3, -0.25) is 29.3 Å². The van der Waals surface area contributed by atoms with Crippen LogP contribution in [0, 0.1) is 6.92 Å². The first kappa shape index (κ1) is 41.8. The van der Waals surface area contributed by atoms with Gasteiger partial charge in [0.1, 0.15) is 0 Å². The minimum atomic E-state index is -0.872. The number of alkyl carbamates (subject to hydrolysis) is 1. The first-order chi connectivity index (χ1) is 22.7.